The standard InChI is InChI=1S/C17H21NO3/c1-12(2)14-7-5-13(6-8-14)11-15(19)18-17(16(20)21)9-3-4-10-17/h5-8H,1,3-4,9-11H2,2H3,(H,18,19)(H,20,21). The van der Waals surface area contributed by atoms with E-state index in [2.05, 4.69) is 11.9 Å². The number of aliphatic carboxylic acids is 1. The highest BCUT2D eigenvalue weighted by Gasteiger charge is 2.42. The van der Waals surface area contributed by atoms with Crippen LogP contribution in [0.25, 0.3) is 5.57 Å². The highest BCUT2D eigenvalue weighted by molar-refractivity contribution is 5.88. The Balaban J connectivity index is 2.01. The Morgan fingerprint density at radius 3 is 2.29 bits per heavy atom. The summed E-state index contributed by atoms with van der Waals surface area (Å²) >= 11 is 0. The van der Waals surface area contributed by atoms with Gasteiger partial charge >= 0.3 is 5.97 Å². The van der Waals surface area contributed by atoms with Crippen molar-refractivity contribution in [3.05, 3.63) is 42.0 Å². The zero-order chi connectivity index (χ0) is 15.5. The third-order valence-corrected chi connectivity index (χ3v) is 4.06. The van der Waals surface area contributed by atoms with E-state index in [9.17, 15) is 14.7 Å². The van der Waals surface area contributed by atoms with Crippen molar-refractivity contribution in [2.75, 3.05) is 0 Å². The molecular weight excluding hydrogens is 266 g/mol. The lowest BCUT2D eigenvalue weighted by Crippen LogP contribution is -2.52. The number of carboxylic acids is 1. The van der Waals surface area contributed by atoms with Gasteiger partial charge < -0.3 is 10.4 Å². The van der Waals surface area contributed by atoms with Gasteiger partial charge in [0.1, 0.15) is 5.54 Å². The van der Waals surface area contributed by atoms with E-state index >= 15 is 0 Å². The van der Waals surface area contributed by atoms with Crippen molar-refractivity contribution >= 4 is 17.4 Å². The molecule has 2 N–H and O–H groups in total. The fraction of sp³-hybridized carbons (Fsp3) is 0.412. The highest BCUT2D eigenvalue weighted by atomic mass is 16.4. The molecular formula is C17H21NO3. The molecule has 0 aliphatic heterocycles. The molecule has 1 amide bonds. The number of benzene rings is 1. The monoisotopic (exact) mass is 287 g/mol. The summed E-state index contributed by atoms with van der Waals surface area (Å²) in [6.07, 6.45) is 2.93. The van der Waals surface area contributed by atoms with E-state index < -0.39 is 11.5 Å². The molecule has 1 aliphatic carbocycles. The number of carbonyl (C=O) groups excluding carboxylic acids is 1. The molecule has 1 aromatic rings. The Kier molecular flexibility index (Phi) is 4.46. The summed E-state index contributed by atoms with van der Waals surface area (Å²) in [5, 5.41) is 12.1. The second kappa shape index (κ2) is 6.12. The third kappa shape index (κ3) is 3.51. The maximum atomic E-state index is 12.1. The van der Waals surface area contributed by atoms with Gasteiger partial charge in [-0.1, -0.05) is 49.3 Å². The number of rotatable bonds is 5. The first-order valence-electron chi connectivity index (χ1n) is 7.22. The minimum Gasteiger partial charge on any atom is -0.480 e. The molecule has 1 aliphatic rings. The Morgan fingerprint density at radius 2 is 1.81 bits per heavy atom. The fourth-order valence-corrected chi connectivity index (χ4v) is 2.77. The second-order valence-electron chi connectivity index (χ2n) is 5.80. The zero-order valence-electron chi connectivity index (χ0n) is 12.3. The first kappa shape index (κ1) is 15.3. The SMILES string of the molecule is C=C(C)c1ccc(CC(=O)NC2(C(=O)O)CCCC2)cc1. The molecule has 0 radical (unpaired) electrons. The Labute approximate surface area is 124 Å². The molecule has 1 fully saturated rings. The van der Waals surface area contributed by atoms with Crippen molar-refractivity contribution < 1.29 is 14.7 Å². The zero-order valence-corrected chi connectivity index (χ0v) is 12.3. The molecule has 0 aromatic heterocycles. The van der Waals surface area contributed by atoms with Crippen molar-refractivity contribution in [3.63, 3.8) is 0 Å². The molecule has 0 atom stereocenters. The van der Waals surface area contributed by atoms with Crippen LogP contribution in [-0.4, -0.2) is 22.5 Å². The van der Waals surface area contributed by atoms with Crippen LogP contribution in [0.1, 0.15) is 43.7 Å². The van der Waals surface area contributed by atoms with Crippen LogP contribution in [0.2, 0.25) is 0 Å². The first-order chi connectivity index (χ1) is 9.93. The Morgan fingerprint density at radius 1 is 1.24 bits per heavy atom. The van der Waals surface area contributed by atoms with E-state index in [1.807, 2.05) is 31.2 Å². The number of carbonyl (C=O) groups is 2. The van der Waals surface area contributed by atoms with E-state index in [1.54, 1.807) is 0 Å². The van der Waals surface area contributed by atoms with Crippen LogP contribution in [0.15, 0.2) is 30.8 Å². The Hall–Kier alpha value is -2.10. The first-order valence-corrected chi connectivity index (χ1v) is 7.22. The minimum absolute atomic E-state index is 0.200. The summed E-state index contributed by atoms with van der Waals surface area (Å²) in [4.78, 5) is 23.5. The van der Waals surface area contributed by atoms with Crippen molar-refractivity contribution in [1.82, 2.24) is 5.32 Å². The molecule has 4 heteroatoms. The minimum atomic E-state index is -1.06. The van der Waals surface area contributed by atoms with Crippen LogP contribution in [-0.2, 0) is 16.0 Å². The lowest BCUT2D eigenvalue weighted by molar-refractivity contribution is -0.147. The topological polar surface area (TPSA) is 66.4 Å². The van der Waals surface area contributed by atoms with Crippen molar-refractivity contribution in [1.29, 1.82) is 0 Å². The van der Waals surface area contributed by atoms with E-state index in [0.717, 1.165) is 29.5 Å². The predicted molar refractivity (Wildman–Crippen MR) is 81.8 cm³/mol. The van der Waals surface area contributed by atoms with Gasteiger partial charge in [0.05, 0.1) is 6.42 Å². The molecule has 112 valence electrons. The smallest absolute Gasteiger partial charge is 0.329 e. The fourth-order valence-electron chi connectivity index (χ4n) is 2.77. The molecule has 1 saturated carbocycles. The van der Waals surface area contributed by atoms with Crippen molar-refractivity contribution in [2.45, 2.75) is 44.6 Å². The van der Waals surface area contributed by atoms with Crippen molar-refractivity contribution in [3.8, 4) is 0 Å². The lowest BCUT2D eigenvalue weighted by atomic mass is 9.97. The van der Waals surface area contributed by atoms with Crippen LogP contribution in [0.3, 0.4) is 0 Å². The number of allylic oxidation sites excluding steroid dienone is 1. The average Bonchev–Trinajstić information content (AvgIpc) is 2.89. The van der Waals surface area contributed by atoms with Gasteiger partial charge in [-0.3, -0.25) is 4.79 Å². The maximum absolute atomic E-state index is 12.1. The predicted octanol–water partition coefficient (Wildman–Crippen LogP) is 2.78. The lowest BCUT2D eigenvalue weighted by Gasteiger charge is -2.25. The van der Waals surface area contributed by atoms with Gasteiger partial charge in [-0.25, -0.2) is 4.79 Å². The molecule has 0 saturated heterocycles. The van der Waals surface area contributed by atoms with E-state index in [4.69, 9.17) is 0 Å². The number of hydrogen-bond acceptors (Lipinski definition) is 2. The molecule has 0 heterocycles. The molecule has 21 heavy (non-hydrogen) atoms. The maximum Gasteiger partial charge on any atom is 0.329 e. The number of carboxylic acid groups (broad SMARTS) is 1. The molecule has 2 rings (SSSR count). The number of nitrogens with one attached hydrogen (secondary N) is 1. The van der Waals surface area contributed by atoms with Crippen molar-refractivity contribution in [2.24, 2.45) is 0 Å². The van der Waals surface area contributed by atoms with Gasteiger partial charge in [0.2, 0.25) is 5.91 Å². The molecule has 0 unspecified atom stereocenters. The largest absolute Gasteiger partial charge is 0.480 e. The van der Waals surface area contributed by atoms with E-state index in [1.165, 1.54) is 0 Å². The van der Waals surface area contributed by atoms with Gasteiger partial charge in [-0.2, -0.15) is 0 Å². The van der Waals surface area contributed by atoms with Gasteiger partial charge in [0.25, 0.3) is 0 Å². The third-order valence-electron chi connectivity index (χ3n) is 4.06. The number of hydrogen-bond donors (Lipinski definition) is 2. The molecule has 1 aromatic carbocycles. The van der Waals surface area contributed by atoms with E-state index in [0.29, 0.717) is 12.8 Å². The van der Waals surface area contributed by atoms with Gasteiger partial charge in [0.15, 0.2) is 0 Å². The second-order valence-corrected chi connectivity index (χ2v) is 5.80. The summed E-state index contributed by atoms with van der Waals surface area (Å²) in [5.74, 6) is -1.16. The average molecular weight is 287 g/mol. The molecule has 0 bridgehead atoms. The van der Waals surface area contributed by atoms with Crippen LogP contribution in [0.4, 0.5) is 0 Å². The molecule has 4 nitrogen and oxygen atoms in total. The summed E-state index contributed by atoms with van der Waals surface area (Å²) in [5.41, 5.74) is 1.82. The summed E-state index contributed by atoms with van der Waals surface area (Å²) in [6, 6.07) is 7.61. The highest BCUT2D eigenvalue weighted by Crippen LogP contribution is 2.30. The van der Waals surface area contributed by atoms with Gasteiger partial charge in [-0.05, 0) is 30.9 Å². The summed E-state index contributed by atoms with van der Waals surface area (Å²) in [7, 11) is 0. The summed E-state index contributed by atoms with van der Waals surface area (Å²) in [6.45, 7) is 5.80. The molecule has 0 spiro atoms. The quantitative estimate of drug-likeness (QED) is 0.875. The van der Waals surface area contributed by atoms with Gasteiger partial charge in [0, 0.05) is 0 Å². The Bertz CT molecular complexity index is 554. The van der Waals surface area contributed by atoms with Gasteiger partial charge in [-0.15, -0.1) is 0 Å². The normalized spacial score (nSPS) is 16.4. The van der Waals surface area contributed by atoms with Crippen LogP contribution < -0.4 is 5.32 Å². The van der Waals surface area contributed by atoms with Crippen LogP contribution in [0.5, 0.6) is 0 Å². The van der Waals surface area contributed by atoms with Crippen LogP contribution >= 0.6 is 0 Å². The van der Waals surface area contributed by atoms with E-state index in [-0.39, 0.29) is 12.3 Å². The number of amides is 1. The summed E-state index contributed by atoms with van der Waals surface area (Å²) < 4.78 is 0. The van der Waals surface area contributed by atoms with Crippen LogP contribution in [0, 0.1) is 0 Å².